The smallest absolute Gasteiger partial charge is 0.105 e. The molecule has 0 spiro atoms. The van der Waals surface area contributed by atoms with E-state index in [9.17, 15) is 0 Å². The molecular weight excluding hydrogens is 385 g/mol. The Labute approximate surface area is 166 Å². The lowest BCUT2D eigenvalue weighted by molar-refractivity contribution is 0.807. The maximum atomic E-state index is 5.28. The average Bonchev–Trinajstić information content (AvgIpc) is 2.07. The summed E-state index contributed by atoms with van der Waals surface area (Å²) in [6.45, 7) is 21.8. The monoisotopic (exact) mass is 416 g/mol. The van der Waals surface area contributed by atoms with Gasteiger partial charge in [0.1, 0.15) is 7.06 Å². The molecular formula is C16H32S6. The van der Waals surface area contributed by atoms with Crippen LogP contribution in [0, 0.1) is 0 Å². The number of hydrogen-bond donors (Lipinski definition) is 0. The highest BCUT2D eigenvalue weighted by Crippen LogP contribution is 2.35. The normalized spacial score (nSPS) is 12.2. The van der Waals surface area contributed by atoms with Crippen molar-refractivity contribution in [3.05, 3.63) is 0 Å². The van der Waals surface area contributed by atoms with E-state index in [1.165, 1.54) is 0 Å². The van der Waals surface area contributed by atoms with Crippen LogP contribution in [0.2, 0.25) is 0 Å². The number of thiocarbonyl (C=S) groups is 2. The molecule has 132 valence electrons. The van der Waals surface area contributed by atoms with Crippen LogP contribution in [0.4, 0.5) is 0 Å². The van der Waals surface area contributed by atoms with Gasteiger partial charge >= 0.3 is 0 Å². The Balaban J connectivity index is 0. The van der Waals surface area contributed by atoms with Crippen molar-refractivity contribution in [1.82, 2.24) is 0 Å². The van der Waals surface area contributed by atoms with E-state index in [0.29, 0.717) is 10.5 Å². The van der Waals surface area contributed by atoms with Crippen molar-refractivity contribution in [2.45, 2.75) is 89.2 Å². The van der Waals surface area contributed by atoms with Crippen molar-refractivity contribution in [2.24, 2.45) is 0 Å². The molecule has 0 aromatic carbocycles. The zero-order valence-corrected chi connectivity index (χ0v) is 20.5. The van der Waals surface area contributed by atoms with Gasteiger partial charge in [0.2, 0.25) is 0 Å². The molecule has 0 radical (unpaired) electrons. The molecule has 0 N–H and O–H groups in total. The second kappa shape index (κ2) is 12.0. The van der Waals surface area contributed by atoms with Crippen LogP contribution in [0.15, 0.2) is 0 Å². The molecule has 0 rings (SSSR count). The van der Waals surface area contributed by atoms with E-state index < -0.39 is 0 Å². The second-order valence-electron chi connectivity index (χ2n) is 7.26. The van der Waals surface area contributed by atoms with Crippen LogP contribution in [0.1, 0.15) is 69.2 Å². The van der Waals surface area contributed by atoms with Crippen molar-refractivity contribution in [3.8, 4) is 0 Å². The van der Waals surface area contributed by atoms with Gasteiger partial charge in [-0.05, 0) is 0 Å². The van der Waals surface area contributed by atoms with Crippen molar-refractivity contribution < 1.29 is 0 Å². The van der Waals surface area contributed by atoms with Crippen LogP contribution in [0.3, 0.4) is 0 Å². The highest BCUT2D eigenvalue weighted by Gasteiger charge is 2.19. The first kappa shape index (κ1) is 25.8. The van der Waals surface area contributed by atoms with E-state index in [2.05, 4.69) is 69.2 Å². The van der Waals surface area contributed by atoms with Gasteiger partial charge in [-0.15, -0.1) is 47.0 Å². The molecule has 0 saturated carbocycles. The zero-order chi connectivity index (χ0) is 18.1. The van der Waals surface area contributed by atoms with Crippen LogP contribution in [0.5, 0.6) is 0 Å². The second-order valence-corrected chi connectivity index (χ2v) is 16.5. The lowest BCUT2D eigenvalue weighted by atomic mass is 10.3. The molecule has 0 aliphatic heterocycles. The molecule has 6 heteroatoms. The average molecular weight is 417 g/mol. The fourth-order valence-corrected chi connectivity index (χ4v) is 8.40. The molecule has 0 atom stereocenters. The van der Waals surface area contributed by atoms with E-state index in [1.54, 1.807) is 47.0 Å². The number of thioether (sulfide) groups is 4. The Hall–Kier alpha value is 1.58. The van der Waals surface area contributed by atoms with Crippen molar-refractivity contribution in [3.63, 3.8) is 0 Å². The van der Waals surface area contributed by atoms with Gasteiger partial charge in [-0.3, -0.25) is 0 Å². The van der Waals surface area contributed by atoms with Gasteiger partial charge < -0.3 is 0 Å². The summed E-state index contributed by atoms with van der Waals surface area (Å²) in [7, 11) is 0. The SMILES string of the molecule is CC(C)(C)SC(=S)SC(C)(C)C.CC(C)SC(=S)SC(C)C. The predicted molar refractivity (Wildman–Crippen MR) is 125 cm³/mol. The fraction of sp³-hybridized carbons (Fsp3) is 0.875. The summed E-state index contributed by atoms with van der Waals surface area (Å²) in [5.41, 5.74) is 0. The van der Waals surface area contributed by atoms with Crippen LogP contribution in [-0.4, -0.2) is 27.1 Å². The summed E-state index contributed by atoms with van der Waals surface area (Å²) >= 11 is 17.5. The van der Waals surface area contributed by atoms with Crippen molar-refractivity contribution in [1.29, 1.82) is 0 Å². The molecule has 0 aromatic rings. The molecule has 0 unspecified atom stereocenters. The first-order valence-corrected chi connectivity index (χ1v) is 11.6. The minimum atomic E-state index is 0.245. The highest BCUT2D eigenvalue weighted by molar-refractivity contribution is 8.48. The third-order valence-electron chi connectivity index (χ3n) is 1.44. The summed E-state index contributed by atoms with van der Waals surface area (Å²) < 4.78 is 2.62. The summed E-state index contributed by atoms with van der Waals surface area (Å²) in [5.74, 6) is 0. The molecule has 0 amide bonds. The van der Waals surface area contributed by atoms with E-state index >= 15 is 0 Å². The summed E-state index contributed by atoms with van der Waals surface area (Å²) in [6, 6.07) is 0. The molecule has 0 aliphatic carbocycles. The molecule has 22 heavy (non-hydrogen) atoms. The number of hydrogen-bond acceptors (Lipinski definition) is 6. The Morgan fingerprint density at radius 3 is 1.09 bits per heavy atom. The van der Waals surface area contributed by atoms with E-state index in [0.717, 1.165) is 7.06 Å². The van der Waals surface area contributed by atoms with Gasteiger partial charge in [0.25, 0.3) is 0 Å². The highest BCUT2D eigenvalue weighted by atomic mass is 32.2. The lowest BCUT2D eigenvalue weighted by Crippen LogP contribution is -2.14. The minimum Gasteiger partial charge on any atom is -0.105 e. The Bertz CT molecular complexity index is 304. The molecule has 0 heterocycles. The van der Waals surface area contributed by atoms with Gasteiger partial charge in [-0.1, -0.05) is 93.7 Å². The Kier molecular flexibility index (Phi) is 14.1. The predicted octanol–water partition coefficient (Wildman–Crippen LogP) is 7.89. The number of rotatable bonds is 2. The van der Waals surface area contributed by atoms with Gasteiger partial charge in [-0.25, -0.2) is 0 Å². The van der Waals surface area contributed by atoms with Gasteiger partial charge in [0.05, 0.1) is 0 Å². The van der Waals surface area contributed by atoms with E-state index in [4.69, 9.17) is 24.4 Å². The molecule has 0 fully saturated rings. The zero-order valence-electron chi connectivity index (χ0n) is 15.6. The lowest BCUT2D eigenvalue weighted by Gasteiger charge is -2.22. The maximum Gasteiger partial charge on any atom is 0.105 e. The molecule has 0 nitrogen and oxygen atoms in total. The standard InChI is InChI=1S/C9H18S3.C7H14S3/c1-8(2,3)11-7(10)12-9(4,5)6;1-5(2)9-7(8)10-6(3)4/h1-6H3;5-6H,1-4H3. The summed E-state index contributed by atoms with van der Waals surface area (Å²) in [4.78, 5) is 0. The van der Waals surface area contributed by atoms with E-state index in [1.807, 2.05) is 0 Å². The van der Waals surface area contributed by atoms with Crippen LogP contribution in [0.25, 0.3) is 0 Å². The molecule has 0 aliphatic rings. The van der Waals surface area contributed by atoms with Crippen LogP contribution < -0.4 is 0 Å². The van der Waals surface area contributed by atoms with Gasteiger partial charge in [0.15, 0.2) is 0 Å². The first-order valence-electron chi connectivity index (χ1n) is 7.41. The van der Waals surface area contributed by atoms with Crippen LogP contribution >= 0.6 is 71.5 Å². The van der Waals surface area contributed by atoms with E-state index in [-0.39, 0.29) is 9.49 Å². The third kappa shape index (κ3) is 23.8. The third-order valence-corrected chi connectivity index (χ3v) is 6.48. The van der Waals surface area contributed by atoms with Gasteiger partial charge in [-0.2, -0.15) is 0 Å². The Morgan fingerprint density at radius 2 is 0.909 bits per heavy atom. The minimum absolute atomic E-state index is 0.245. The summed E-state index contributed by atoms with van der Waals surface area (Å²) in [6.07, 6.45) is 0. The topological polar surface area (TPSA) is 0 Å². The van der Waals surface area contributed by atoms with Crippen molar-refractivity contribution >= 4 is 78.5 Å². The van der Waals surface area contributed by atoms with Crippen molar-refractivity contribution in [2.75, 3.05) is 0 Å². The Morgan fingerprint density at radius 1 is 0.636 bits per heavy atom. The van der Waals surface area contributed by atoms with Gasteiger partial charge in [0, 0.05) is 20.0 Å². The quantitative estimate of drug-likeness (QED) is 0.417. The molecule has 0 aromatic heterocycles. The van der Waals surface area contributed by atoms with Crippen LogP contribution in [-0.2, 0) is 0 Å². The fourth-order valence-electron chi connectivity index (χ4n) is 0.934. The first-order chi connectivity index (χ1) is 9.62. The molecule has 0 bridgehead atoms. The summed E-state index contributed by atoms with van der Waals surface area (Å²) in [5, 5.41) is 1.25. The largest absolute Gasteiger partial charge is 0.105 e. The maximum absolute atomic E-state index is 5.28. The molecule has 0 saturated heterocycles.